The third kappa shape index (κ3) is 9.33. The molecule has 11 nitrogen and oxygen atoms in total. The van der Waals surface area contributed by atoms with Gasteiger partial charge in [0.25, 0.3) is 0 Å². The van der Waals surface area contributed by atoms with Gasteiger partial charge in [0.1, 0.15) is 24.5 Å². The summed E-state index contributed by atoms with van der Waals surface area (Å²) >= 11 is 10.5. The number of aldehydes is 1. The molecule has 14 heteroatoms. The lowest BCUT2D eigenvalue weighted by molar-refractivity contribution is -0.109. The first-order valence-corrected chi connectivity index (χ1v) is 17.9. The number of anilines is 1. The molecule has 0 spiro atoms. The number of benzene rings is 1. The second-order valence-electron chi connectivity index (χ2n) is 12.7. The molecular formula is C37H42ClFN8O3S. The molecule has 5 aromatic rings. The smallest absolute Gasteiger partial charge is 0.213 e. The van der Waals surface area contributed by atoms with Crippen molar-refractivity contribution >= 4 is 59.6 Å². The van der Waals surface area contributed by atoms with Gasteiger partial charge in [0, 0.05) is 65.5 Å². The van der Waals surface area contributed by atoms with Crippen LogP contribution >= 0.6 is 24.4 Å². The number of pyridine rings is 2. The fourth-order valence-corrected chi connectivity index (χ4v) is 6.39. The molecule has 2 fully saturated rings. The van der Waals surface area contributed by atoms with Crippen LogP contribution in [0.15, 0.2) is 48.7 Å². The number of hydrogen-bond donors (Lipinski definition) is 3. The van der Waals surface area contributed by atoms with Gasteiger partial charge in [-0.1, -0.05) is 42.6 Å². The summed E-state index contributed by atoms with van der Waals surface area (Å²) in [4.78, 5) is 27.1. The number of aryl methyl sites for hydroxylation is 1. The molecule has 8 rings (SSSR count). The first-order valence-electron chi connectivity index (χ1n) is 17.1. The van der Waals surface area contributed by atoms with Crippen LogP contribution in [0.5, 0.6) is 5.88 Å². The minimum atomic E-state index is -0.386. The van der Waals surface area contributed by atoms with Crippen LogP contribution < -0.4 is 20.8 Å². The largest absolute Gasteiger partial charge is 0.473 e. The zero-order valence-electron chi connectivity index (χ0n) is 28.7. The number of piperidine rings is 1. The van der Waals surface area contributed by atoms with Gasteiger partial charge < -0.3 is 19.6 Å². The highest BCUT2D eigenvalue weighted by Crippen LogP contribution is 2.29. The summed E-state index contributed by atoms with van der Waals surface area (Å²) in [5.41, 5.74) is 4.26. The molecule has 1 unspecified atom stereocenters. The SMILES string of the molecule is C1COC1.CNc1cnc2n[nH]c(C)c2c1.O=CC1C=c2nc(CN3CCC(c4cccc(OCc5ccc(Cl)cc5F)n4)CC3)n(S)c2=CC1. The number of hydrogen-bond acceptors (Lipinski definition) is 10. The number of fused-ring (bicyclic) bond motifs is 2. The normalized spacial score (nSPS) is 17.0. The monoisotopic (exact) mass is 732 g/mol. The number of nitrogens with one attached hydrogen (secondary N) is 2. The molecule has 6 heterocycles. The van der Waals surface area contributed by atoms with E-state index in [1.54, 1.807) is 24.4 Å². The number of aromatic amines is 1. The zero-order valence-corrected chi connectivity index (χ0v) is 30.3. The number of likely N-dealkylation sites (tertiary alicyclic amines) is 1. The van der Waals surface area contributed by atoms with Crippen LogP contribution in [-0.2, 0) is 22.7 Å². The van der Waals surface area contributed by atoms with E-state index < -0.39 is 0 Å². The second kappa shape index (κ2) is 17.3. The standard InChI is InChI=1S/C26H26ClFN4O2S.C8H10N4.C3H6O/c27-20-6-5-19(21(28)13-20)16-34-26-3-1-2-22(30-26)18-8-10-31(11-9-18)14-25-29-23-12-17(15-33)4-7-24(23)32(25)35;1-5-7-3-6(9-2)4-10-8(7)12-11-5;1-2-4-3-1/h1-3,5-7,12-13,15,17-18,35H,4,8-11,14,16H2;3-4,9H,1-2H3,(H,10,11,12);1-3H2. The van der Waals surface area contributed by atoms with Crippen molar-refractivity contribution in [2.45, 2.75) is 51.7 Å². The molecule has 0 radical (unpaired) electrons. The lowest BCUT2D eigenvalue weighted by Crippen LogP contribution is -2.33. The van der Waals surface area contributed by atoms with Gasteiger partial charge in [0.2, 0.25) is 5.88 Å². The lowest BCUT2D eigenvalue weighted by atomic mass is 9.93. The van der Waals surface area contributed by atoms with E-state index in [1.165, 1.54) is 12.5 Å². The molecule has 268 valence electrons. The molecule has 1 aromatic carbocycles. The Hall–Kier alpha value is -4.30. The van der Waals surface area contributed by atoms with Crippen LogP contribution in [0, 0.1) is 18.7 Å². The minimum absolute atomic E-state index is 0.0979. The van der Waals surface area contributed by atoms with Crippen LogP contribution in [-0.4, -0.2) is 73.7 Å². The Morgan fingerprint density at radius 2 is 1.96 bits per heavy atom. The van der Waals surface area contributed by atoms with Crippen LogP contribution in [0.4, 0.5) is 10.1 Å². The van der Waals surface area contributed by atoms with E-state index in [9.17, 15) is 9.18 Å². The van der Waals surface area contributed by atoms with Crippen molar-refractivity contribution < 1.29 is 18.7 Å². The number of aromatic nitrogens is 6. The molecule has 2 N–H and O–H groups in total. The molecule has 0 amide bonds. The highest BCUT2D eigenvalue weighted by atomic mass is 35.5. The summed E-state index contributed by atoms with van der Waals surface area (Å²) in [5, 5.41) is 13.2. The number of carbonyl (C=O) groups is 1. The minimum Gasteiger partial charge on any atom is -0.473 e. The summed E-state index contributed by atoms with van der Waals surface area (Å²) in [6.07, 6.45) is 10.6. The molecule has 2 saturated heterocycles. The van der Waals surface area contributed by atoms with E-state index in [4.69, 9.17) is 26.1 Å². The van der Waals surface area contributed by atoms with Crippen LogP contribution in [0.3, 0.4) is 0 Å². The van der Waals surface area contributed by atoms with Crippen molar-refractivity contribution in [2.24, 2.45) is 5.92 Å². The van der Waals surface area contributed by atoms with Crippen molar-refractivity contribution in [3.05, 3.63) is 93.0 Å². The van der Waals surface area contributed by atoms with E-state index in [0.29, 0.717) is 35.3 Å². The average molecular weight is 733 g/mol. The Kier molecular flexibility index (Phi) is 12.4. The predicted octanol–water partition coefficient (Wildman–Crippen LogP) is 5.22. The molecule has 2 aliphatic heterocycles. The Morgan fingerprint density at radius 1 is 1.18 bits per heavy atom. The maximum atomic E-state index is 14.0. The Labute approximate surface area is 306 Å². The topological polar surface area (TPSA) is 123 Å². The average Bonchev–Trinajstić information content (AvgIpc) is 3.65. The number of H-pyrrole nitrogens is 1. The van der Waals surface area contributed by atoms with Crippen molar-refractivity contribution in [3.63, 3.8) is 0 Å². The van der Waals surface area contributed by atoms with E-state index in [0.717, 1.165) is 90.1 Å². The third-order valence-electron chi connectivity index (χ3n) is 9.09. The third-order valence-corrected chi connectivity index (χ3v) is 9.77. The Morgan fingerprint density at radius 3 is 2.67 bits per heavy atom. The summed E-state index contributed by atoms with van der Waals surface area (Å²) in [5.74, 6) is 1.22. The Bertz CT molecular complexity index is 2070. The van der Waals surface area contributed by atoms with Gasteiger partial charge in [-0.25, -0.2) is 19.3 Å². The van der Waals surface area contributed by atoms with E-state index >= 15 is 0 Å². The van der Waals surface area contributed by atoms with Gasteiger partial charge in [-0.05, 0) is 76.0 Å². The lowest BCUT2D eigenvalue weighted by Gasteiger charge is -2.31. The van der Waals surface area contributed by atoms with Crippen LogP contribution in [0.2, 0.25) is 5.02 Å². The number of ether oxygens (including phenoxy) is 2. The van der Waals surface area contributed by atoms with Crippen LogP contribution in [0.1, 0.15) is 54.4 Å². The zero-order chi connectivity index (χ0) is 35.7. The van der Waals surface area contributed by atoms with E-state index in [2.05, 4.69) is 43.2 Å². The molecule has 4 aromatic heterocycles. The molecular weight excluding hydrogens is 691 g/mol. The summed E-state index contributed by atoms with van der Waals surface area (Å²) in [6.45, 7) is 6.63. The van der Waals surface area contributed by atoms with Gasteiger partial charge in [0.15, 0.2) is 5.65 Å². The maximum Gasteiger partial charge on any atom is 0.213 e. The highest BCUT2D eigenvalue weighted by Gasteiger charge is 2.24. The van der Waals surface area contributed by atoms with Gasteiger partial charge in [-0.15, -0.1) is 0 Å². The number of rotatable bonds is 8. The number of carbonyl (C=O) groups excluding carboxylic acids is 1. The molecule has 0 bridgehead atoms. The fraction of sp³-hybridized carbons (Fsp3) is 0.378. The van der Waals surface area contributed by atoms with Gasteiger partial charge in [-0.3, -0.25) is 14.0 Å². The van der Waals surface area contributed by atoms with Crippen molar-refractivity contribution in [2.75, 3.05) is 38.7 Å². The van der Waals surface area contributed by atoms with E-state index in [1.807, 2.05) is 48.3 Å². The fourth-order valence-electron chi connectivity index (χ4n) is 5.94. The van der Waals surface area contributed by atoms with E-state index in [-0.39, 0.29) is 18.3 Å². The van der Waals surface area contributed by atoms with Crippen LogP contribution in [0.25, 0.3) is 23.2 Å². The van der Waals surface area contributed by atoms with Gasteiger partial charge in [-0.2, -0.15) is 5.10 Å². The summed E-state index contributed by atoms with van der Waals surface area (Å²) < 4.78 is 26.3. The number of nitrogens with zero attached hydrogens (tertiary/aromatic N) is 6. The second-order valence-corrected chi connectivity index (χ2v) is 13.5. The predicted molar refractivity (Wildman–Crippen MR) is 200 cm³/mol. The first kappa shape index (κ1) is 36.5. The van der Waals surface area contributed by atoms with Gasteiger partial charge >= 0.3 is 0 Å². The van der Waals surface area contributed by atoms with Crippen molar-refractivity contribution in [1.82, 2.24) is 34.0 Å². The molecule has 3 aliphatic rings. The molecule has 0 saturated carbocycles. The molecule has 1 atom stereocenters. The number of thiol groups is 1. The number of halogens is 2. The summed E-state index contributed by atoms with van der Waals surface area (Å²) in [7, 11) is 1.87. The van der Waals surface area contributed by atoms with Crippen molar-refractivity contribution in [3.8, 4) is 5.88 Å². The number of imidazole rings is 1. The van der Waals surface area contributed by atoms with Gasteiger partial charge in [0.05, 0.1) is 29.1 Å². The molecule has 1 aliphatic carbocycles. The maximum absolute atomic E-state index is 14.0. The van der Waals surface area contributed by atoms with Crippen molar-refractivity contribution in [1.29, 1.82) is 0 Å². The quantitative estimate of drug-likeness (QED) is 0.146. The first-order chi connectivity index (χ1) is 24.8. The highest BCUT2D eigenvalue weighted by molar-refractivity contribution is 7.78. The molecule has 51 heavy (non-hydrogen) atoms. The Balaban J connectivity index is 0.000000228. The summed E-state index contributed by atoms with van der Waals surface area (Å²) in [6, 6.07) is 12.3.